The van der Waals surface area contributed by atoms with Crippen LogP contribution in [0.15, 0.2) is 18.2 Å². The van der Waals surface area contributed by atoms with E-state index in [9.17, 15) is 14.3 Å². The van der Waals surface area contributed by atoms with Gasteiger partial charge in [-0.25, -0.2) is 4.39 Å². The summed E-state index contributed by atoms with van der Waals surface area (Å²) in [7, 11) is 1.42. The molecule has 0 spiro atoms. The van der Waals surface area contributed by atoms with Crippen LogP contribution in [0.5, 0.6) is 5.75 Å². The third kappa shape index (κ3) is 2.61. The number of carbonyl (C=O) groups excluding carboxylic acids is 1. The molecule has 0 aliphatic heterocycles. The van der Waals surface area contributed by atoms with E-state index in [4.69, 9.17) is 4.74 Å². The zero-order chi connectivity index (χ0) is 13.2. The van der Waals surface area contributed by atoms with Crippen molar-refractivity contribution in [3.8, 4) is 5.75 Å². The lowest BCUT2D eigenvalue weighted by molar-refractivity contribution is -0.133. The fourth-order valence-electron chi connectivity index (χ4n) is 2.19. The van der Waals surface area contributed by atoms with Gasteiger partial charge in [0.2, 0.25) is 0 Å². The fraction of sp³-hybridized carbons (Fsp3) is 0.462. The van der Waals surface area contributed by atoms with Gasteiger partial charge in [0.15, 0.2) is 0 Å². The molecule has 1 fully saturated rings. The van der Waals surface area contributed by atoms with Gasteiger partial charge in [-0.2, -0.15) is 0 Å². The predicted octanol–water partition coefficient (Wildman–Crippen LogP) is 2.08. The molecule has 98 valence electrons. The van der Waals surface area contributed by atoms with Crippen molar-refractivity contribution in [2.75, 3.05) is 12.4 Å². The number of hydrogen-bond donors (Lipinski definition) is 2. The van der Waals surface area contributed by atoms with Gasteiger partial charge in [-0.1, -0.05) is 0 Å². The van der Waals surface area contributed by atoms with Crippen LogP contribution in [-0.2, 0) is 4.79 Å². The Balaban J connectivity index is 2.13. The van der Waals surface area contributed by atoms with Crippen molar-refractivity contribution >= 4 is 11.6 Å². The zero-order valence-electron chi connectivity index (χ0n) is 10.2. The van der Waals surface area contributed by atoms with Crippen LogP contribution in [0.3, 0.4) is 0 Å². The van der Waals surface area contributed by atoms with Crippen molar-refractivity contribution in [3.05, 3.63) is 24.0 Å². The summed E-state index contributed by atoms with van der Waals surface area (Å²) in [6.07, 6.45) is 2.56. The van der Waals surface area contributed by atoms with Crippen molar-refractivity contribution in [2.24, 2.45) is 0 Å². The maximum Gasteiger partial charge on any atom is 0.256 e. The molecule has 0 aromatic heterocycles. The number of rotatable bonds is 3. The Morgan fingerprint density at radius 2 is 2.06 bits per heavy atom. The first-order valence-corrected chi connectivity index (χ1v) is 5.92. The Morgan fingerprint density at radius 3 is 2.67 bits per heavy atom. The molecule has 0 radical (unpaired) electrons. The van der Waals surface area contributed by atoms with Gasteiger partial charge in [-0.3, -0.25) is 4.79 Å². The highest BCUT2D eigenvalue weighted by molar-refractivity contribution is 5.97. The minimum Gasteiger partial charge on any atom is -0.497 e. The maximum absolute atomic E-state index is 13.2. The Hall–Kier alpha value is -1.62. The van der Waals surface area contributed by atoms with Gasteiger partial charge in [-0.05, 0) is 31.7 Å². The molecule has 0 bridgehead atoms. The molecular weight excluding hydrogens is 237 g/mol. The van der Waals surface area contributed by atoms with Crippen LogP contribution >= 0.6 is 0 Å². The summed E-state index contributed by atoms with van der Waals surface area (Å²) >= 11 is 0. The van der Waals surface area contributed by atoms with Crippen LogP contribution in [0.2, 0.25) is 0 Å². The smallest absolute Gasteiger partial charge is 0.256 e. The van der Waals surface area contributed by atoms with Crippen molar-refractivity contribution in [2.45, 2.75) is 31.3 Å². The second-order valence-electron chi connectivity index (χ2n) is 4.57. The Morgan fingerprint density at radius 1 is 1.39 bits per heavy atom. The van der Waals surface area contributed by atoms with E-state index in [2.05, 4.69) is 5.32 Å². The number of hydrogen-bond acceptors (Lipinski definition) is 3. The largest absolute Gasteiger partial charge is 0.497 e. The van der Waals surface area contributed by atoms with E-state index in [1.807, 2.05) is 0 Å². The minimum atomic E-state index is -1.32. The topological polar surface area (TPSA) is 58.6 Å². The molecular formula is C13H16FNO3. The lowest BCUT2D eigenvalue weighted by Gasteiger charge is -2.21. The van der Waals surface area contributed by atoms with Gasteiger partial charge in [0, 0.05) is 17.8 Å². The van der Waals surface area contributed by atoms with Crippen molar-refractivity contribution < 1.29 is 19.0 Å². The summed E-state index contributed by atoms with van der Waals surface area (Å²) in [5, 5.41) is 12.6. The molecule has 1 aliphatic rings. The minimum absolute atomic E-state index is 0.289. The Bertz CT molecular complexity index is 456. The van der Waals surface area contributed by atoms with E-state index in [1.165, 1.54) is 25.3 Å². The number of methoxy groups -OCH3 is 1. The van der Waals surface area contributed by atoms with Crippen LogP contribution in [0.25, 0.3) is 0 Å². The third-order valence-corrected chi connectivity index (χ3v) is 3.22. The average molecular weight is 253 g/mol. The van der Waals surface area contributed by atoms with Gasteiger partial charge in [0.25, 0.3) is 5.91 Å². The molecule has 5 heteroatoms. The van der Waals surface area contributed by atoms with E-state index in [0.717, 1.165) is 12.8 Å². The molecule has 0 saturated heterocycles. The van der Waals surface area contributed by atoms with Crippen LogP contribution in [0, 0.1) is 5.82 Å². The van der Waals surface area contributed by atoms with Gasteiger partial charge >= 0.3 is 0 Å². The van der Waals surface area contributed by atoms with E-state index in [-0.39, 0.29) is 5.69 Å². The molecule has 1 saturated carbocycles. The van der Waals surface area contributed by atoms with E-state index in [1.54, 1.807) is 0 Å². The van der Waals surface area contributed by atoms with Crippen LogP contribution < -0.4 is 10.1 Å². The average Bonchev–Trinajstić information content (AvgIpc) is 2.76. The summed E-state index contributed by atoms with van der Waals surface area (Å²) in [5.74, 6) is -0.653. The number of carbonyl (C=O) groups is 1. The second-order valence-corrected chi connectivity index (χ2v) is 4.57. The van der Waals surface area contributed by atoms with Crippen LogP contribution in [-0.4, -0.2) is 23.7 Å². The second kappa shape index (κ2) is 4.94. The summed E-state index contributed by atoms with van der Waals surface area (Å²) in [6.45, 7) is 0. The first-order chi connectivity index (χ1) is 8.53. The third-order valence-electron chi connectivity index (χ3n) is 3.22. The summed E-state index contributed by atoms with van der Waals surface area (Å²) in [5.41, 5.74) is -1.03. The number of anilines is 1. The summed E-state index contributed by atoms with van der Waals surface area (Å²) < 4.78 is 18.2. The van der Waals surface area contributed by atoms with Crippen molar-refractivity contribution in [3.63, 3.8) is 0 Å². The predicted molar refractivity (Wildman–Crippen MR) is 65.0 cm³/mol. The molecule has 18 heavy (non-hydrogen) atoms. The molecule has 4 nitrogen and oxygen atoms in total. The van der Waals surface area contributed by atoms with Gasteiger partial charge in [0.05, 0.1) is 7.11 Å². The Kier molecular flexibility index (Phi) is 3.52. The van der Waals surface area contributed by atoms with E-state index < -0.39 is 17.3 Å². The first kappa shape index (κ1) is 12.8. The van der Waals surface area contributed by atoms with E-state index in [0.29, 0.717) is 18.6 Å². The van der Waals surface area contributed by atoms with Gasteiger partial charge in [-0.15, -0.1) is 0 Å². The normalized spacial score (nSPS) is 17.5. The molecule has 1 aromatic carbocycles. The lowest BCUT2D eigenvalue weighted by Crippen LogP contribution is -2.40. The highest BCUT2D eigenvalue weighted by atomic mass is 19.1. The summed E-state index contributed by atoms with van der Waals surface area (Å²) in [6, 6.07) is 3.93. The molecule has 1 aliphatic carbocycles. The number of benzene rings is 1. The van der Waals surface area contributed by atoms with Gasteiger partial charge in [0.1, 0.15) is 17.2 Å². The van der Waals surface area contributed by atoms with Crippen molar-refractivity contribution in [1.29, 1.82) is 0 Å². The number of halogens is 1. The number of aliphatic hydroxyl groups is 1. The highest BCUT2D eigenvalue weighted by Gasteiger charge is 2.38. The molecule has 0 heterocycles. The number of amides is 1. The standard InChI is InChI=1S/C13H16FNO3/c1-18-11-7-9(14)6-10(8-11)15-12(16)13(17)4-2-3-5-13/h6-8,17H,2-5H2,1H3,(H,15,16). The monoisotopic (exact) mass is 253 g/mol. The van der Waals surface area contributed by atoms with E-state index >= 15 is 0 Å². The molecule has 2 N–H and O–H groups in total. The molecule has 0 unspecified atom stereocenters. The first-order valence-electron chi connectivity index (χ1n) is 5.92. The molecule has 0 atom stereocenters. The molecule has 2 rings (SSSR count). The Labute approximate surface area is 105 Å². The summed E-state index contributed by atoms with van der Waals surface area (Å²) in [4.78, 5) is 11.9. The van der Waals surface area contributed by atoms with Crippen molar-refractivity contribution in [1.82, 2.24) is 0 Å². The highest BCUT2D eigenvalue weighted by Crippen LogP contribution is 2.31. The number of ether oxygens (including phenoxy) is 1. The number of nitrogens with one attached hydrogen (secondary N) is 1. The SMILES string of the molecule is COc1cc(F)cc(NC(=O)C2(O)CCCC2)c1. The lowest BCUT2D eigenvalue weighted by atomic mass is 10.0. The zero-order valence-corrected chi connectivity index (χ0v) is 10.2. The molecule has 1 amide bonds. The maximum atomic E-state index is 13.2. The van der Waals surface area contributed by atoms with Crippen LogP contribution in [0.1, 0.15) is 25.7 Å². The quantitative estimate of drug-likeness (QED) is 0.867. The van der Waals surface area contributed by atoms with Crippen LogP contribution in [0.4, 0.5) is 10.1 Å². The molecule has 1 aromatic rings. The fourth-order valence-corrected chi connectivity index (χ4v) is 2.19. The van der Waals surface area contributed by atoms with Gasteiger partial charge < -0.3 is 15.2 Å².